The first-order valence-electron chi connectivity index (χ1n) is 8.69. The Balaban J connectivity index is 2.04. The summed E-state index contributed by atoms with van der Waals surface area (Å²) in [5.41, 5.74) is 2.15. The number of carbonyl (C=O) groups is 1. The van der Waals surface area contributed by atoms with Gasteiger partial charge in [-0.05, 0) is 64.4 Å². The quantitative estimate of drug-likeness (QED) is 0.581. The SMILES string of the molecule is C/C(=N\NS(=O)(=O)c1ccc(C)cc1)c1ccc(NC(=O)OC(C)(C)C)cc1. The number of ether oxygens (including phenoxy) is 1. The number of anilines is 1. The smallest absolute Gasteiger partial charge is 0.412 e. The Bertz CT molecular complexity index is 958. The maximum atomic E-state index is 12.3. The van der Waals surface area contributed by atoms with Crippen LogP contribution in [0.2, 0.25) is 0 Å². The number of hydrogen-bond acceptors (Lipinski definition) is 5. The zero-order chi connectivity index (χ0) is 20.9. The highest BCUT2D eigenvalue weighted by Crippen LogP contribution is 2.14. The van der Waals surface area contributed by atoms with Crippen molar-refractivity contribution in [2.75, 3.05) is 5.32 Å². The first-order chi connectivity index (χ1) is 13.0. The van der Waals surface area contributed by atoms with Gasteiger partial charge in [0.15, 0.2) is 0 Å². The van der Waals surface area contributed by atoms with Crippen LogP contribution in [0.3, 0.4) is 0 Å². The van der Waals surface area contributed by atoms with E-state index in [1.165, 1.54) is 12.1 Å². The van der Waals surface area contributed by atoms with Crippen LogP contribution in [0.4, 0.5) is 10.5 Å². The second-order valence-corrected chi connectivity index (χ2v) is 8.97. The monoisotopic (exact) mass is 403 g/mol. The molecule has 0 radical (unpaired) electrons. The molecule has 1 amide bonds. The van der Waals surface area contributed by atoms with E-state index in [4.69, 9.17) is 4.74 Å². The second kappa shape index (κ2) is 8.43. The topological polar surface area (TPSA) is 96.9 Å². The zero-order valence-electron chi connectivity index (χ0n) is 16.6. The minimum absolute atomic E-state index is 0.145. The van der Waals surface area contributed by atoms with Gasteiger partial charge in [-0.3, -0.25) is 5.32 Å². The molecule has 0 heterocycles. The predicted molar refractivity (Wildman–Crippen MR) is 110 cm³/mol. The van der Waals surface area contributed by atoms with Crippen molar-refractivity contribution in [3.63, 3.8) is 0 Å². The Morgan fingerprint density at radius 2 is 1.57 bits per heavy atom. The summed E-state index contributed by atoms with van der Waals surface area (Å²) in [6.07, 6.45) is -0.545. The lowest BCUT2D eigenvalue weighted by Crippen LogP contribution is -2.27. The van der Waals surface area contributed by atoms with Crippen molar-refractivity contribution in [1.29, 1.82) is 0 Å². The van der Waals surface area contributed by atoms with Crippen LogP contribution >= 0.6 is 0 Å². The molecule has 2 rings (SSSR count). The van der Waals surface area contributed by atoms with E-state index in [0.717, 1.165) is 5.56 Å². The van der Waals surface area contributed by atoms with Gasteiger partial charge < -0.3 is 4.74 Å². The number of aryl methyl sites for hydroxylation is 1. The lowest BCUT2D eigenvalue weighted by Gasteiger charge is -2.19. The Kier molecular flexibility index (Phi) is 6.45. The second-order valence-electron chi connectivity index (χ2n) is 7.31. The molecule has 28 heavy (non-hydrogen) atoms. The molecule has 150 valence electrons. The highest BCUT2D eigenvalue weighted by Gasteiger charge is 2.16. The average molecular weight is 404 g/mol. The largest absolute Gasteiger partial charge is 0.444 e. The molecule has 0 saturated carbocycles. The highest BCUT2D eigenvalue weighted by molar-refractivity contribution is 7.89. The highest BCUT2D eigenvalue weighted by atomic mass is 32.2. The molecule has 2 aromatic rings. The summed E-state index contributed by atoms with van der Waals surface area (Å²) in [4.78, 5) is 14.2. The minimum atomic E-state index is -3.73. The van der Waals surface area contributed by atoms with E-state index >= 15 is 0 Å². The van der Waals surface area contributed by atoms with E-state index in [1.807, 2.05) is 6.92 Å². The minimum Gasteiger partial charge on any atom is -0.444 e. The maximum absolute atomic E-state index is 12.3. The number of nitrogens with one attached hydrogen (secondary N) is 2. The third-order valence-corrected chi connectivity index (χ3v) is 4.84. The first kappa shape index (κ1) is 21.4. The molecule has 8 heteroatoms. The van der Waals surface area contributed by atoms with Crippen molar-refractivity contribution < 1.29 is 17.9 Å². The molecule has 2 N–H and O–H groups in total. The molecule has 0 aliphatic heterocycles. The molecule has 0 aromatic heterocycles. The number of hydrazone groups is 1. The van der Waals surface area contributed by atoms with Gasteiger partial charge in [0.25, 0.3) is 10.0 Å². The first-order valence-corrected chi connectivity index (χ1v) is 10.2. The average Bonchev–Trinajstić information content (AvgIpc) is 2.59. The molecule has 0 spiro atoms. The summed E-state index contributed by atoms with van der Waals surface area (Å²) in [6, 6.07) is 13.3. The summed E-state index contributed by atoms with van der Waals surface area (Å²) in [5.74, 6) is 0. The van der Waals surface area contributed by atoms with Gasteiger partial charge in [0.1, 0.15) is 5.60 Å². The van der Waals surface area contributed by atoms with Crippen LogP contribution in [0.25, 0.3) is 0 Å². The van der Waals surface area contributed by atoms with E-state index in [2.05, 4.69) is 15.2 Å². The number of amides is 1. The molecule has 0 aliphatic carbocycles. The van der Waals surface area contributed by atoms with Gasteiger partial charge in [-0.1, -0.05) is 29.8 Å². The van der Waals surface area contributed by atoms with Gasteiger partial charge in [0, 0.05) is 5.69 Å². The van der Waals surface area contributed by atoms with Crippen molar-refractivity contribution in [3.05, 3.63) is 59.7 Å². The lowest BCUT2D eigenvalue weighted by molar-refractivity contribution is 0.0636. The number of carbonyl (C=O) groups excluding carboxylic acids is 1. The van der Waals surface area contributed by atoms with Crippen LogP contribution in [0.15, 0.2) is 58.5 Å². The van der Waals surface area contributed by atoms with Crippen LogP contribution in [0.5, 0.6) is 0 Å². The van der Waals surface area contributed by atoms with Gasteiger partial charge in [0.2, 0.25) is 0 Å². The van der Waals surface area contributed by atoms with Gasteiger partial charge in [-0.2, -0.15) is 18.4 Å². The fraction of sp³-hybridized carbons (Fsp3) is 0.300. The molecular weight excluding hydrogens is 378 g/mol. The van der Waals surface area contributed by atoms with Crippen LogP contribution in [-0.4, -0.2) is 25.8 Å². The number of sulfonamides is 1. The van der Waals surface area contributed by atoms with Crippen LogP contribution in [0, 0.1) is 6.92 Å². The number of hydrogen-bond donors (Lipinski definition) is 2. The number of benzene rings is 2. The maximum Gasteiger partial charge on any atom is 0.412 e. The van der Waals surface area contributed by atoms with E-state index in [9.17, 15) is 13.2 Å². The standard InChI is InChI=1S/C20H25N3O4S/c1-14-6-12-18(13-7-14)28(25,26)23-22-15(2)16-8-10-17(11-9-16)21-19(24)27-20(3,4)5/h6-13,23H,1-5H3,(H,21,24)/b22-15+. The summed E-state index contributed by atoms with van der Waals surface area (Å²) < 4.78 is 29.8. The van der Waals surface area contributed by atoms with Gasteiger partial charge in [-0.15, -0.1) is 0 Å². The molecule has 0 atom stereocenters. The molecule has 0 unspecified atom stereocenters. The van der Waals surface area contributed by atoms with Crippen molar-refractivity contribution in [3.8, 4) is 0 Å². The third-order valence-electron chi connectivity index (χ3n) is 3.61. The fourth-order valence-corrected chi connectivity index (χ4v) is 3.04. The Morgan fingerprint density at radius 1 is 1.00 bits per heavy atom. The van der Waals surface area contributed by atoms with Crippen molar-refractivity contribution in [2.45, 2.75) is 45.1 Å². The van der Waals surface area contributed by atoms with Gasteiger partial charge >= 0.3 is 6.09 Å². The molecule has 0 saturated heterocycles. The lowest BCUT2D eigenvalue weighted by atomic mass is 10.1. The molecule has 0 aliphatic rings. The third kappa shape index (κ3) is 6.38. The molecule has 0 bridgehead atoms. The van der Waals surface area contributed by atoms with Crippen molar-refractivity contribution in [2.24, 2.45) is 5.10 Å². The molecule has 2 aromatic carbocycles. The molecule has 0 fully saturated rings. The van der Waals surface area contributed by atoms with Crippen LogP contribution < -0.4 is 10.1 Å². The Hall–Kier alpha value is -2.87. The zero-order valence-corrected chi connectivity index (χ0v) is 17.4. The summed E-state index contributed by atoms with van der Waals surface area (Å²) in [6.45, 7) is 8.93. The van der Waals surface area contributed by atoms with Crippen LogP contribution in [0.1, 0.15) is 38.8 Å². The van der Waals surface area contributed by atoms with E-state index < -0.39 is 21.7 Å². The van der Waals surface area contributed by atoms with Crippen molar-refractivity contribution in [1.82, 2.24) is 4.83 Å². The van der Waals surface area contributed by atoms with E-state index in [1.54, 1.807) is 64.1 Å². The van der Waals surface area contributed by atoms with Gasteiger partial charge in [0.05, 0.1) is 10.6 Å². The predicted octanol–water partition coefficient (Wildman–Crippen LogP) is 4.04. The van der Waals surface area contributed by atoms with Crippen LogP contribution in [-0.2, 0) is 14.8 Å². The summed E-state index contributed by atoms with van der Waals surface area (Å²) in [5, 5.41) is 6.60. The molecule has 7 nitrogen and oxygen atoms in total. The fourth-order valence-electron chi connectivity index (χ4n) is 2.18. The summed E-state index contributed by atoms with van der Waals surface area (Å²) in [7, 11) is -3.73. The number of nitrogens with zero attached hydrogens (tertiary/aromatic N) is 1. The van der Waals surface area contributed by atoms with Crippen molar-refractivity contribution >= 4 is 27.5 Å². The summed E-state index contributed by atoms with van der Waals surface area (Å²) >= 11 is 0. The normalized spacial score (nSPS) is 12.4. The van der Waals surface area contributed by atoms with Gasteiger partial charge in [-0.25, -0.2) is 4.79 Å². The Morgan fingerprint density at radius 3 is 2.11 bits per heavy atom. The Labute approximate surface area is 165 Å². The van der Waals surface area contributed by atoms with E-state index in [-0.39, 0.29) is 4.90 Å². The van der Waals surface area contributed by atoms with E-state index in [0.29, 0.717) is 17.0 Å². The molecular formula is C20H25N3O4S. The number of rotatable bonds is 5.